The van der Waals surface area contributed by atoms with Crippen molar-refractivity contribution in [3.8, 4) is 5.75 Å². The molecule has 1 aliphatic rings. The van der Waals surface area contributed by atoms with Crippen LogP contribution in [0.4, 0.5) is 4.39 Å². The average Bonchev–Trinajstić information content (AvgIpc) is 3.05. The summed E-state index contributed by atoms with van der Waals surface area (Å²) in [6.45, 7) is 2.50. The standard InChI is InChI=1S/C27H23FO3/c1-2-22-24(23-13-10-20(28)15-25(23)26(22)16-27(29)30)14-18-8-11-21(12-9-18)31-17-19-6-4-3-5-7-19/h3-15H,2,16-17H2,1H3,(H,29,30)/b24-14-. The number of aliphatic carboxylic acids is 1. The second-order valence-electron chi connectivity index (χ2n) is 7.47. The summed E-state index contributed by atoms with van der Waals surface area (Å²) >= 11 is 0. The van der Waals surface area contributed by atoms with E-state index in [-0.39, 0.29) is 12.2 Å². The molecule has 4 rings (SSSR count). The van der Waals surface area contributed by atoms with E-state index in [2.05, 4.69) is 0 Å². The molecule has 0 saturated heterocycles. The molecule has 0 aliphatic heterocycles. The maximum atomic E-state index is 13.9. The second kappa shape index (κ2) is 9.00. The molecular weight excluding hydrogens is 391 g/mol. The highest BCUT2D eigenvalue weighted by molar-refractivity contribution is 6.07. The summed E-state index contributed by atoms with van der Waals surface area (Å²) in [5.41, 5.74) is 6.22. The highest BCUT2D eigenvalue weighted by Gasteiger charge is 2.27. The van der Waals surface area contributed by atoms with E-state index in [1.54, 1.807) is 6.07 Å². The Bertz CT molecular complexity index is 1160. The molecule has 0 amide bonds. The van der Waals surface area contributed by atoms with E-state index in [0.29, 0.717) is 24.2 Å². The van der Waals surface area contributed by atoms with Gasteiger partial charge in [-0.1, -0.05) is 55.5 Å². The van der Waals surface area contributed by atoms with Crippen molar-refractivity contribution in [3.63, 3.8) is 0 Å². The lowest BCUT2D eigenvalue weighted by Crippen LogP contribution is -1.97. The predicted molar refractivity (Wildman–Crippen MR) is 121 cm³/mol. The maximum Gasteiger partial charge on any atom is 0.307 e. The molecule has 4 heteroatoms. The fraction of sp³-hybridized carbons (Fsp3) is 0.148. The van der Waals surface area contributed by atoms with Crippen LogP contribution in [-0.4, -0.2) is 11.1 Å². The number of rotatable bonds is 7. The van der Waals surface area contributed by atoms with Crippen molar-refractivity contribution in [2.75, 3.05) is 0 Å². The number of benzene rings is 3. The zero-order chi connectivity index (χ0) is 21.8. The van der Waals surface area contributed by atoms with Gasteiger partial charge in [0.2, 0.25) is 0 Å². The zero-order valence-electron chi connectivity index (χ0n) is 17.3. The van der Waals surface area contributed by atoms with Gasteiger partial charge in [-0.05, 0) is 75.7 Å². The highest BCUT2D eigenvalue weighted by atomic mass is 19.1. The van der Waals surface area contributed by atoms with E-state index in [4.69, 9.17) is 4.74 Å². The summed E-state index contributed by atoms with van der Waals surface area (Å²) in [5, 5.41) is 9.36. The van der Waals surface area contributed by atoms with Gasteiger partial charge < -0.3 is 9.84 Å². The summed E-state index contributed by atoms with van der Waals surface area (Å²) in [7, 11) is 0. The molecule has 0 atom stereocenters. The van der Waals surface area contributed by atoms with E-state index in [9.17, 15) is 14.3 Å². The molecule has 3 aromatic carbocycles. The van der Waals surface area contributed by atoms with Crippen molar-refractivity contribution in [1.29, 1.82) is 0 Å². The number of halogens is 1. The Balaban J connectivity index is 1.62. The molecule has 0 aromatic heterocycles. The Hall–Kier alpha value is -3.66. The lowest BCUT2D eigenvalue weighted by atomic mass is 9.98. The van der Waals surface area contributed by atoms with E-state index >= 15 is 0 Å². The normalized spacial score (nSPS) is 14.1. The third-order valence-corrected chi connectivity index (χ3v) is 5.41. The molecule has 31 heavy (non-hydrogen) atoms. The van der Waals surface area contributed by atoms with Crippen LogP contribution in [0.15, 0.2) is 78.4 Å². The number of fused-ring (bicyclic) bond motifs is 1. The van der Waals surface area contributed by atoms with Crippen molar-refractivity contribution in [3.05, 3.63) is 106 Å². The van der Waals surface area contributed by atoms with Gasteiger partial charge >= 0.3 is 5.97 Å². The van der Waals surface area contributed by atoms with Gasteiger partial charge in [-0.2, -0.15) is 0 Å². The largest absolute Gasteiger partial charge is 0.489 e. The van der Waals surface area contributed by atoms with Gasteiger partial charge in [0, 0.05) is 0 Å². The molecule has 0 saturated carbocycles. The molecule has 3 nitrogen and oxygen atoms in total. The van der Waals surface area contributed by atoms with Gasteiger partial charge in [-0.3, -0.25) is 4.79 Å². The Morgan fingerprint density at radius 2 is 1.71 bits per heavy atom. The summed E-state index contributed by atoms with van der Waals surface area (Å²) in [6.07, 6.45) is 2.58. The van der Waals surface area contributed by atoms with Crippen LogP contribution in [0.25, 0.3) is 17.2 Å². The van der Waals surface area contributed by atoms with Gasteiger partial charge in [0.05, 0.1) is 6.42 Å². The minimum Gasteiger partial charge on any atom is -0.489 e. The Kier molecular flexibility index (Phi) is 5.99. The molecule has 1 N–H and O–H groups in total. The molecular formula is C27H23FO3. The number of carbonyl (C=O) groups is 1. The van der Waals surface area contributed by atoms with Crippen LogP contribution in [0.2, 0.25) is 0 Å². The fourth-order valence-electron chi connectivity index (χ4n) is 3.98. The monoisotopic (exact) mass is 414 g/mol. The molecule has 0 heterocycles. The Morgan fingerprint density at radius 3 is 2.39 bits per heavy atom. The van der Waals surface area contributed by atoms with Gasteiger partial charge in [0.1, 0.15) is 18.2 Å². The van der Waals surface area contributed by atoms with Crippen LogP contribution in [0.1, 0.15) is 42.0 Å². The smallest absolute Gasteiger partial charge is 0.307 e. The molecule has 0 unspecified atom stereocenters. The SMILES string of the molecule is CCC1=C(CC(=O)O)c2cc(F)ccc2/C1=C\c1ccc(OCc2ccccc2)cc1. The average molecular weight is 414 g/mol. The lowest BCUT2D eigenvalue weighted by Gasteiger charge is -2.08. The van der Waals surface area contributed by atoms with Crippen molar-refractivity contribution in [2.45, 2.75) is 26.4 Å². The lowest BCUT2D eigenvalue weighted by molar-refractivity contribution is -0.135. The number of carboxylic acids is 1. The number of ether oxygens (including phenoxy) is 1. The molecule has 0 spiro atoms. The molecule has 1 aliphatic carbocycles. The fourth-order valence-corrected chi connectivity index (χ4v) is 3.98. The van der Waals surface area contributed by atoms with E-state index < -0.39 is 5.97 Å². The molecule has 156 valence electrons. The quantitative estimate of drug-likeness (QED) is 0.474. The van der Waals surface area contributed by atoms with Gasteiger partial charge in [0.15, 0.2) is 0 Å². The Labute approximate surface area is 181 Å². The molecule has 0 bridgehead atoms. The second-order valence-corrected chi connectivity index (χ2v) is 7.47. The molecule has 0 fully saturated rings. The minimum atomic E-state index is -0.919. The van der Waals surface area contributed by atoms with Crippen LogP contribution in [0.5, 0.6) is 5.75 Å². The number of carboxylic acid groups (broad SMARTS) is 1. The number of hydrogen-bond donors (Lipinski definition) is 1. The topological polar surface area (TPSA) is 46.5 Å². The Morgan fingerprint density at radius 1 is 0.968 bits per heavy atom. The molecule has 0 radical (unpaired) electrons. The van der Waals surface area contributed by atoms with Gasteiger partial charge in [0.25, 0.3) is 0 Å². The summed E-state index contributed by atoms with van der Waals surface area (Å²) in [6, 6.07) is 22.4. The van der Waals surface area contributed by atoms with Crippen molar-refractivity contribution >= 4 is 23.2 Å². The van der Waals surface area contributed by atoms with Crippen molar-refractivity contribution in [2.24, 2.45) is 0 Å². The third-order valence-electron chi connectivity index (χ3n) is 5.41. The van der Waals surface area contributed by atoms with Crippen LogP contribution >= 0.6 is 0 Å². The highest BCUT2D eigenvalue weighted by Crippen LogP contribution is 2.45. The van der Waals surface area contributed by atoms with Crippen LogP contribution in [0, 0.1) is 5.82 Å². The van der Waals surface area contributed by atoms with Crippen LogP contribution < -0.4 is 4.74 Å². The van der Waals surface area contributed by atoms with Crippen molar-refractivity contribution in [1.82, 2.24) is 0 Å². The van der Waals surface area contributed by atoms with Gasteiger partial charge in [-0.15, -0.1) is 0 Å². The van der Waals surface area contributed by atoms with E-state index in [1.165, 1.54) is 12.1 Å². The summed E-state index contributed by atoms with van der Waals surface area (Å²) in [4.78, 5) is 11.4. The van der Waals surface area contributed by atoms with Crippen molar-refractivity contribution < 1.29 is 19.0 Å². The first-order chi connectivity index (χ1) is 15.0. The van der Waals surface area contributed by atoms with Crippen LogP contribution in [-0.2, 0) is 11.4 Å². The predicted octanol–water partition coefficient (Wildman–Crippen LogP) is 6.60. The van der Waals surface area contributed by atoms with E-state index in [0.717, 1.165) is 33.6 Å². The van der Waals surface area contributed by atoms with Crippen LogP contribution in [0.3, 0.4) is 0 Å². The van der Waals surface area contributed by atoms with Gasteiger partial charge in [-0.25, -0.2) is 4.39 Å². The third kappa shape index (κ3) is 4.58. The molecule has 3 aromatic rings. The first-order valence-corrected chi connectivity index (χ1v) is 10.3. The summed E-state index contributed by atoms with van der Waals surface area (Å²) < 4.78 is 19.7. The number of hydrogen-bond acceptors (Lipinski definition) is 2. The first kappa shape index (κ1) is 20.6. The van der Waals surface area contributed by atoms with E-state index in [1.807, 2.05) is 67.6 Å². The number of allylic oxidation sites excluding steroid dienone is 2. The summed E-state index contributed by atoms with van der Waals surface area (Å²) in [5.74, 6) is -0.506. The maximum absolute atomic E-state index is 13.9. The first-order valence-electron chi connectivity index (χ1n) is 10.3. The minimum absolute atomic E-state index is 0.122. The zero-order valence-corrected chi connectivity index (χ0v) is 17.3.